The van der Waals surface area contributed by atoms with Crippen LogP contribution in [-0.4, -0.2) is 18.6 Å². The minimum Gasteiger partial charge on any atom is -0.459 e. The highest BCUT2D eigenvalue weighted by atomic mass is 16.5. The molecule has 0 unspecified atom stereocenters. The number of carbonyl (C=O) groups is 1. The van der Waals surface area contributed by atoms with Crippen molar-refractivity contribution in [3.05, 3.63) is 29.3 Å². The first-order chi connectivity index (χ1) is 8.84. The van der Waals surface area contributed by atoms with Gasteiger partial charge in [0, 0.05) is 12.2 Å². The Morgan fingerprint density at radius 2 is 2.06 bits per heavy atom. The van der Waals surface area contributed by atoms with Gasteiger partial charge in [-0.15, -0.1) is 0 Å². The number of benzene rings is 1. The Bertz CT molecular complexity index is 450. The van der Waals surface area contributed by atoms with Crippen molar-refractivity contribution in [2.75, 3.05) is 11.9 Å². The highest BCUT2D eigenvalue weighted by Crippen LogP contribution is 2.27. The first-order valence-corrected chi connectivity index (χ1v) is 6.91. The number of esters is 1. The standard InChI is InChI=1S/C15H19NO2/c17-15(18-11-5-1-2-6-11)13-7-3-9-14-12(13)8-4-10-16-14/h3,7,9,11,16H,1-2,4-6,8,10H2. The molecule has 1 heterocycles. The number of hydrogen-bond donors (Lipinski definition) is 1. The van der Waals surface area contributed by atoms with Gasteiger partial charge >= 0.3 is 5.97 Å². The highest BCUT2D eigenvalue weighted by Gasteiger charge is 2.23. The lowest BCUT2D eigenvalue weighted by molar-refractivity contribution is 0.0316. The molecule has 1 saturated carbocycles. The summed E-state index contributed by atoms with van der Waals surface area (Å²) in [5.74, 6) is -0.137. The number of rotatable bonds is 2. The van der Waals surface area contributed by atoms with Crippen molar-refractivity contribution >= 4 is 11.7 Å². The van der Waals surface area contributed by atoms with Crippen molar-refractivity contribution in [2.45, 2.75) is 44.6 Å². The summed E-state index contributed by atoms with van der Waals surface area (Å²) in [7, 11) is 0. The molecule has 0 atom stereocenters. The van der Waals surface area contributed by atoms with Crippen LogP contribution >= 0.6 is 0 Å². The second-order valence-corrected chi connectivity index (χ2v) is 5.17. The zero-order valence-corrected chi connectivity index (χ0v) is 10.6. The van der Waals surface area contributed by atoms with Gasteiger partial charge in [0.1, 0.15) is 6.10 Å². The van der Waals surface area contributed by atoms with Crippen LogP contribution in [0.1, 0.15) is 48.0 Å². The van der Waals surface area contributed by atoms with E-state index in [9.17, 15) is 4.79 Å². The van der Waals surface area contributed by atoms with Gasteiger partial charge in [-0.3, -0.25) is 0 Å². The van der Waals surface area contributed by atoms with Crippen LogP contribution in [0.4, 0.5) is 5.69 Å². The van der Waals surface area contributed by atoms with Crippen LogP contribution in [-0.2, 0) is 11.2 Å². The van der Waals surface area contributed by atoms with Crippen molar-refractivity contribution in [3.63, 3.8) is 0 Å². The van der Waals surface area contributed by atoms with Crippen molar-refractivity contribution in [1.29, 1.82) is 0 Å². The van der Waals surface area contributed by atoms with Crippen LogP contribution in [0.15, 0.2) is 18.2 Å². The molecule has 2 aliphatic rings. The Hall–Kier alpha value is -1.51. The van der Waals surface area contributed by atoms with Gasteiger partial charge < -0.3 is 10.1 Å². The van der Waals surface area contributed by atoms with E-state index in [1.165, 1.54) is 12.8 Å². The summed E-state index contributed by atoms with van der Waals surface area (Å²) in [6.45, 7) is 0.994. The van der Waals surface area contributed by atoms with Crippen LogP contribution in [0.25, 0.3) is 0 Å². The molecule has 1 N–H and O–H groups in total. The van der Waals surface area contributed by atoms with E-state index >= 15 is 0 Å². The minimum atomic E-state index is -0.137. The smallest absolute Gasteiger partial charge is 0.338 e. The van der Waals surface area contributed by atoms with Crippen LogP contribution in [0.5, 0.6) is 0 Å². The van der Waals surface area contributed by atoms with Crippen LogP contribution in [0, 0.1) is 0 Å². The van der Waals surface area contributed by atoms with Crippen molar-refractivity contribution in [3.8, 4) is 0 Å². The van der Waals surface area contributed by atoms with Crippen molar-refractivity contribution in [1.82, 2.24) is 0 Å². The Morgan fingerprint density at radius 1 is 1.22 bits per heavy atom. The molecule has 1 aromatic carbocycles. The number of fused-ring (bicyclic) bond motifs is 1. The number of ether oxygens (including phenoxy) is 1. The van der Waals surface area contributed by atoms with Gasteiger partial charge in [-0.1, -0.05) is 6.07 Å². The molecule has 0 amide bonds. The molecule has 0 radical (unpaired) electrons. The normalized spacial score (nSPS) is 19.1. The predicted molar refractivity (Wildman–Crippen MR) is 70.9 cm³/mol. The lowest BCUT2D eigenvalue weighted by atomic mass is 9.98. The summed E-state index contributed by atoms with van der Waals surface area (Å²) in [5, 5.41) is 3.34. The third-order valence-electron chi connectivity index (χ3n) is 3.89. The van der Waals surface area contributed by atoms with E-state index in [0.717, 1.165) is 49.0 Å². The van der Waals surface area contributed by atoms with Gasteiger partial charge in [0.2, 0.25) is 0 Å². The van der Waals surface area contributed by atoms with Gasteiger partial charge in [0.25, 0.3) is 0 Å². The summed E-state index contributed by atoms with van der Waals surface area (Å²) in [4.78, 5) is 12.2. The van der Waals surface area contributed by atoms with Gasteiger partial charge in [-0.05, 0) is 56.2 Å². The fourth-order valence-corrected chi connectivity index (χ4v) is 2.92. The Labute approximate surface area is 108 Å². The number of carbonyl (C=O) groups excluding carboxylic acids is 1. The molecule has 96 valence electrons. The zero-order chi connectivity index (χ0) is 12.4. The predicted octanol–water partition coefficient (Wildman–Crippen LogP) is 3.14. The van der Waals surface area contributed by atoms with Crippen LogP contribution in [0.3, 0.4) is 0 Å². The monoisotopic (exact) mass is 245 g/mol. The fraction of sp³-hybridized carbons (Fsp3) is 0.533. The zero-order valence-electron chi connectivity index (χ0n) is 10.6. The highest BCUT2D eigenvalue weighted by molar-refractivity contribution is 5.93. The minimum absolute atomic E-state index is 0.137. The molecular weight excluding hydrogens is 226 g/mol. The van der Waals surface area contributed by atoms with E-state index in [1.807, 2.05) is 18.2 Å². The number of anilines is 1. The molecule has 1 aliphatic heterocycles. The molecule has 1 aromatic rings. The van der Waals surface area contributed by atoms with E-state index in [0.29, 0.717) is 0 Å². The molecule has 18 heavy (non-hydrogen) atoms. The summed E-state index contributed by atoms with van der Waals surface area (Å²) < 4.78 is 5.60. The molecule has 0 spiro atoms. The summed E-state index contributed by atoms with van der Waals surface area (Å²) in [6, 6.07) is 5.87. The SMILES string of the molecule is O=C(OC1CCCC1)c1cccc2c1CCCN2. The average molecular weight is 245 g/mol. The van der Waals surface area contributed by atoms with E-state index in [2.05, 4.69) is 5.32 Å². The molecule has 0 bridgehead atoms. The van der Waals surface area contributed by atoms with E-state index in [4.69, 9.17) is 4.74 Å². The maximum Gasteiger partial charge on any atom is 0.338 e. The summed E-state index contributed by atoms with van der Waals surface area (Å²) in [5.41, 5.74) is 2.99. The molecule has 1 fully saturated rings. The molecule has 3 nitrogen and oxygen atoms in total. The lowest BCUT2D eigenvalue weighted by Crippen LogP contribution is -2.19. The van der Waals surface area contributed by atoms with E-state index in [-0.39, 0.29) is 12.1 Å². The molecule has 0 aromatic heterocycles. The van der Waals surface area contributed by atoms with Gasteiger partial charge in [-0.2, -0.15) is 0 Å². The Morgan fingerprint density at radius 3 is 2.89 bits per heavy atom. The average Bonchev–Trinajstić information content (AvgIpc) is 2.91. The maximum atomic E-state index is 12.2. The van der Waals surface area contributed by atoms with Crippen molar-refractivity contribution in [2.24, 2.45) is 0 Å². The third-order valence-corrected chi connectivity index (χ3v) is 3.89. The van der Waals surface area contributed by atoms with E-state index in [1.54, 1.807) is 0 Å². The molecular formula is C15H19NO2. The van der Waals surface area contributed by atoms with E-state index < -0.39 is 0 Å². The first-order valence-electron chi connectivity index (χ1n) is 6.91. The van der Waals surface area contributed by atoms with Crippen LogP contribution < -0.4 is 5.32 Å². The fourth-order valence-electron chi connectivity index (χ4n) is 2.92. The number of hydrogen-bond acceptors (Lipinski definition) is 3. The second kappa shape index (κ2) is 5.01. The van der Waals surface area contributed by atoms with Crippen molar-refractivity contribution < 1.29 is 9.53 Å². The largest absolute Gasteiger partial charge is 0.459 e. The second-order valence-electron chi connectivity index (χ2n) is 5.17. The maximum absolute atomic E-state index is 12.2. The Kier molecular flexibility index (Phi) is 3.22. The third kappa shape index (κ3) is 2.22. The molecule has 1 aliphatic carbocycles. The summed E-state index contributed by atoms with van der Waals surface area (Å²) in [6.07, 6.45) is 6.63. The van der Waals surface area contributed by atoms with Gasteiger partial charge in [0.15, 0.2) is 0 Å². The quantitative estimate of drug-likeness (QED) is 0.813. The molecule has 3 heteroatoms. The van der Waals surface area contributed by atoms with Gasteiger partial charge in [-0.25, -0.2) is 4.79 Å². The Balaban J connectivity index is 1.80. The topological polar surface area (TPSA) is 38.3 Å². The number of nitrogens with one attached hydrogen (secondary N) is 1. The molecule has 0 saturated heterocycles. The molecule has 3 rings (SSSR count). The van der Waals surface area contributed by atoms with Crippen LogP contribution in [0.2, 0.25) is 0 Å². The lowest BCUT2D eigenvalue weighted by Gasteiger charge is -2.21. The summed E-state index contributed by atoms with van der Waals surface area (Å²) >= 11 is 0. The first kappa shape index (κ1) is 11.6. The van der Waals surface area contributed by atoms with Gasteiger partial charge in [0.05, 0.1) is 5.56 Å².